The van der Waals surface area contributed by atoms with Crippen LogP contribution in [0.5, 0.6) is 0 Å². The molecule has 0 aromatic rings. The Balaban J connectivity index is -0.0000000948. The largest absolute Gasteiger partial charge is 1.00 e. The maximum atomic E-state index is 8.55. The Labute approximate surface area is 231 Å². The maximum Gasteiger partial charge on any atom is 1.00 e. The van der Waals surface area contributed by atoms with Gasteiger partial charge in [-0.15, -0.1) is 0 Å². The van der Waals surface area contributed by atoms with E-state index in [1.54, 1.807) is 0 Å². The van der Waals surface area contributed by atoms with Gasteiger partial charge in [0.05, 0.1) is 11.2 Å². The molecule has 0 atom stereocenters. The molecular formula is C6H13BK3O6P. The van der Waals surface area contributed by atoms with Gasteiger partial charge in [0.25, 0.3) is 0 Å². The van der Waals surface area contributed by atoms with Crippen LogP contribution >= 0.6 is 7.82 Å². The predicted octanol–water partition coefficient (Wildman–Crippen LogP) is -11.0. The van der Waals surface area contributed by atoms with Crippen molar-refractivity contribution in [2.24, 2.45) is 0 Å². The number of rotatable bonds is 0. The third kappa shape index (κ3) is 15.7. The van der Waals surface area contributed by atoms with Gasteiger partial charge >= 0.3 is 162 Å². The van der Waals surface area contributed by atoms with E-state index in [0.29, 0.717) is 7.69 Å². The van der Waals surface area contributed by atoms with Crippen LogP contribution in [0.15, 0.2) is 0 Å². The van der Waals surface area contributed by atoms with E-state index in [9.17, 15) is 0 Å². The van der Waals surface area contributed by atoms with E-state index < -0.39 is 7.82 Å². The molecule has 84 valence electrons. The van der Waals surface area contributed by atoms with Crippen molar-refractivity contribution in [3.05, 3.63) is 0 Å². The summed E-state index contributed by atoms with van der Waals surface area (Å²) in [6, 6.07) is 0. The van der Waals surface area contributed by atoms with Gasteiger partial charge < -0.3 is 28.6 Å². The Kier molecular flexibility index (Phi) is 21.9. The Morgan fingerprint density at radius 1 is 0.882 bits per heavy atom. The summed E-state index contributed by atoms with van der Waals surface area (Å²) in [5.41, 5.74) is -0.264. The standard InChI is InChI=1S/C6H13BO2.3K.H3O4P/c1-5(2)6(3,4)9-7-8-5;;;;1-5(2,3)4/h7H,1-4H3;;;;(H3,1,2,3,4)/q;3*+1;/p-3. The topological polar surface area (TPSA) is 105 Å². The fourth-order valence-corrected chi connectivity index (χ4v) is 0.672. The second kappa shape index (κ2) is 12.4. The smallest absolute Gasteiger partial charge is 0.822 e. The first-order valence-electron chi connectivity index (χ1n) is 3.97. The molecule has 0 N–H and O–H groups in total. The summed E-state index contributed by atoms with van der Waals surface area (Å²) in [7, 11) is -4.96. The molecule has 0 aromatic carbocycles. The molecule has 17 heavy (non-hydrogen) atoms. The van der Waals surface area contributed by atoms with E-state index in [4.69, 9.17) is 28.6 Å². The molecule has 0 saturated carbocycles. The van der Waals surface area contributed by atoms with Crippen molar-refractivity contribution < 1.29 is 183 Å². The summed E-state index contributed by atoms with van der Waals surface area (Å²) in [5, 5.41) is 0. The monoisotopic (exact) mass is 340 g/mol. The Hall–Kier alpha value is 5.00. The fourth-order valence-electron chi connectivity index (χ4n) is 0.672. The summed E-state index contributed by atoms with van der Waals surface area (Å²) in [4.78, 5) is 25.6. The van der Waals surface area contributed by atoms with Gasteiger partial charge in [-0.05, 0) is 27.7 Å². The molecular weight excluding hydrogens is 327 g/mol. The van der Waals surface area contributed by atoms with Crippen LogP contribution in [0.3, 0.4) is 0 Å². The molecule has 0 bridgehead atoms. The molecule has 1 saturated heterocycles. The van der Waals surface area contributed by atoms with E-state index in [1.165, 1.54) is 0 Å². The van der Waals surface area contributed by atoms with Crippen LogP contribution in [0.4, 0.5) is 0 Å². The minimum atomic E-state index is -5.39. The molecule has 0 aromatic heterocycles. The van der Waals surface area contributed by atoms with Crippen molar-refractivity contribution in [1.82, 2.24) is 0 Å². The second-order valence-corrected chi connectivity index (χ2v) is 4.77. The molecule has 0 amide bonds. The molecule has 1 rings (SSSR count). The molecule has 1 heterocycles. The predicted molar refractivity (Wildman–Crippen MR) is 45.1 cm³/mol. The van der Waals surface area contributed by atoms with Crippen molar-refractivity contribution in [3.63, 3.8) is 0 Å². The molecule has 1 fully saturated rings. The SMILES string of the molecule is CC1(C)OBOC1(C)C.O=P([O-])([O-])[O-].[K+].[K+].[K+]. The average molecular weight is 340 g/mol. The zero-order valence-corrected chi connectivity index (χ0v) is 21.9. The van der Waals surface area contributed by atoms with Gasteiger partial charge in [-0.25, -0.2) is 0 Å². The van der Waals surface area contributed by atoms with Crippen molar-refractivity contribution in [3.8, 4) is 0 Å². The summed E-state index contributed by atoms with van der Waals surface area (Å²) in [6.45, 7) is 8.17. The quantitative estimate of drug-likeness (QED) is 0.320. The van der Waals surface area contributed by atoms with E-state index >= 15 is 0 Å². The first kappa shape index (κ1) is 29.9. The maximum absolute atomic E-state index is 8.55. The van der Waals surface area contributed by atoms with Crippen LogP contribution in [-0.4, -0.2) is 18.9 Å². The summed E-state index contributed by atoms with van der Waals surface area (Å²) < 4.78 is 19.2. The third-order valence-corrected chi connectivity index (χ3v) is 2.29. The zero-order valence-electron chi connectivity index (χ0n) is 11.6. The number of hydrogen-bond acceptors (Lipinski definition) is 6. The molecule has 0 unspecified atom stereocenters. The van der Waals surface area contributed by atoms with Crippen LogP contribution in [0, 0.1) is 0 Å². The Morgan fingerprint density at radius 2 is 1.06 bits per heavy atom. The van der Waals surface area contributed by atoms with Crippen LogP contribution < -0.4 is 169 Å². The van der Waals surface area contributed by atoms with Gasteiger partial charge in [0, 0.05) is 0 Å². The van der Waals surface area contributed by atoms with E-state index in [2.05, 4.69) is 0 Å². The van der Waals surface area contributed by atoms with Gasteiger partial charge in [0.1, 0.15) is 0 Å². The zero-order chi connectivity index (χ0) is 11.6. The summed E-state index contributed by atoms with van der Waals surface area (Å²) in [5.74, 6) is 0. The number of hydrogen-bond donors (Lipinski definition) is 0. The summed E-state index contributed by atoms with van der Waals surface area (Å²) >= 11 is 0. The van der Waals surface area contributed by atoms with Gasteiger partial charge in [0.2, 0.25) is 0 Å². The van der Waals surface area contributed by atoms with Crippen molar-refractivity contribution in [2.75, 3.05) is 0 Å². The van der Waals surface area contributed by atoms with E-state index in [-0.39, 0.29) is 165 Å². The molecule has 0 radical (unpaired) electrons. The Bertz CT molecular complexity index is 224. The van der Waals surface area contributed by atoms with Crippen molar-refractivity contribution >= 4 is 15.5 Å². The number of phosphoric acid groups is 1. The minimum absolute atomic E-state index is 0. The van der Waals surface area contributed by atoms with Gasteiger partial charge in [-0.2, -0.15) is 7.82 Å². The Morgan fingerprint density at radius 3 is 1.12 bits per heavy atom. The minimum Gasteiger partial charge on any atom is -0.822 e. The molecule has 1 aliphatic heterocycles. The normalized spacial score (nSPS) is 19.2. The van der Waals surface area contributed by atoms with Gasteiger partial charge in [-0.3, -0.25) is 0 Å². The van der Waals surface area contributed by atoms with Crippen LogP contribution in [0.1, 0.15) is 27.7 Å². The molecule has 0 spiro atoms. The van der Waals surface area contributed by atoms with Crippen LogP contribution in [0.2, 0.25) is 0 Å². The van der Waals surface area contributed by atoms with Crippen LogP contribution in [-0.2, 0) is 13.9 Å². The third-order valence-electron chi connectivity index (χ3n) is 2.29. The first-order valence-corrected chi connectivity index (χ1v) is 5.43. The van der Waals surface area contributed by atoms with Crippen molar-refractivity contribution in [1.29, 1.82) is 0 Å². The second-order valence-electron chi connectivity index (χ2n) is 3.87. The molecule has 0 aliphatic carbocycles. The van der Waals surface area contributed by atoms with Gasteiger partial charge in [-0.1, -0.05) is 0 Å². The van der Waals surface area contributed by atoms with E-state index in [0.717, 1.165) is 0 Å². The van der Waals surface area contributed by atoms with Crippen molar-refractivity contribution in [2.45, 2.75) is 38.9 Å². The summed E-state index contributed by atoms with van der Waals surface area (Å²) in [6.07, 6.45) is 0. The average Bonchev–Trinajstić information content (AvgIpc) is 2.01. The first-order chi connectivity index (χ1) is 5.96. The van der Waals surface area contributed by atoms with Gasteiger partial charge in [0.15, 0.2) is 0 Å². The molecule has 1 aliphatic rings. The fraction of sp³-hybridized carbons (Fsp3) is 1.00. The molecule has 11 heteroatoms. The van der Waals surface area contributed by atoms with Crippen LogP contribution in [0.25, 0.3) is 0 Å². The molecule has 6 nitrogen and oxygen atoms in total. The van der Waals surface area contributed by atoms with E-state index in [1.807, 2.05) is 27.7 Å².